The molecule has 1 unspecified atom stereocenters. The van der Waals surface area contributed by atoms with Gasteiger partial charge in [0.1, 0.15) is 5.82 Å². The lowest BCUT2D eigenvalue weighted by Gasteiger charge is -2.10. The predicted octanol–water partition coefficient (Wildman–Crippen LogP) is 0.919. The van der Waals surface area contributed by atoms with Crippen molar-refractivity contribution in [2.45, 2.75) is 12.8 Å². The van der Waals surface area contributed by atoms with Crippen LogP contribution in [0.25, 0.3) is 0 Å². The molecule has 0 aliphatic rings. The second-order valence-electron chi connectivity index (χ2n) is 2.75. The summed E-state index contributed by atoms with van der Waals surface area (Å²) >= 11 is 0. The van der Waals surface area contributed by atoms with Gasteiger partial charge in [-0.05, 0) is 13.0 Å². The summed E-state index contributed by atoms with van der Waals surface area (Å²) in [5.41, 5.74) is 2.34. The maximum Gasteiger partial charge on any atom is 0.241 e. The Hall–Kier alpha value is -1.42. The van der Waals surface area contributed by atoms with E-state index >= 15 is 0 Å². The molecule has 0 spiro atoms. The third-order valence-corrected chi connectivity index (χ3v) is 1.91. The van der Waals surface area contributed by atoms with Crippen LogP contribution in [-0.2, 0) is 4.79 Å². The molecular formula is C9H11FN2O. The maximum absolute atomic E-state index is 13.1. The van der Waals surface area contributed by atoms with Gasteiger partial charge in [-0.1, -0.05) is 18.2 Å². The van der Waals surface area contributed by atoms with Crippen LogP contribution in [0.3, 0.4) is 0 Å². The molecule has 0 saturated heterocycles. The molecule has 1 aromatic carbocycles. The highest BCUT2D eigenvalue weighted by molar-refractivity contribution is 5.82. The minimum atomic E-state index is -0.564. The zero-order chi connectivity index (χ0) is 9.84. The molecule has 0 bridgehead atoms. The van der Waals surface area contributed by atoms with Gasteiger partial charge in [0.2, 0.25) is 5.91 Å². The van der Waals surface area contributed by atoms with Gasteiger partial charge in [-0.15, -0.1) is 0 Å². The summed E-state index contributed by atoms with van der Waals surface area (Å²) in [6, 6.07) is 6.13. The number of nitrogens with two attached hydrogens (primary N) is 1. The van der Waals surface area contributed by atoms with E-state index in [-0.39, 0.29) is 0 Å². The lowest BCUT2D eigenvalue weighted by atomic mass is 10.0. The summed E-state index contributed by atoms with van der Waals surface area (Å²) in [5, 5.41) is 0. The molecule has 3 N–H and O–H groups in total. The van der Waals surface area contributed by atoms with E-state index < -0.39 is 17.6 Å². The van der Waals surface area contributed by atoms with Crippen LogP contribution in [0.1, 0.15) is 18.4 Å². The lowest BCUT2D eigenvalue weighted by Crippen LogP contribution is -2.33. The molecule has 0 aliphatic carbocycles. The van der Waals surface area contributed by atoms with Crippen LogP contribution in [0.15, 0.2) is 24.3 Å². The second kappa shape index (κ2) is 4.00. The normalized spacial score (nSPS) is 12.2. The molecule has 0 heterocycles. The van der Waals surface area contributed by atoms with Crippen molar-refractivity contribution in [1.82, 2.24) is 5.43 Å². The van der Waals surface area contributed by atoms with Crippen molar-refractivity contribution in [1.29, 1.82) is 0 Å². The molecule has 1 aromatic rings. The highest BCUT2D eigenvalue weighted by Crippen LogP contribution is 2.17. The van der Waals surface area contributed by atoms with E-state index in [0.717, 1.165) is 0 Å². The largest absolute Gasteiger partial charge is 0.294 e. The van der Waals surface area contributed by atoms with Crippen molar-refractivity contribution >= 4 is 5.91 Å². The first kappa shape index (κ1) is 9.67. The number of amides is 1. The Morgan fingerprint density at radius 2 is 2.15 bits per heavy atom. The summed E-state index contributed by atoms with van der Waals surface area (Å²) < 4.78 is 13.1. The SMILES string of the molecule is CC(C(=O)NN)c1ccccc1F. The van der Waals surface area contributed by atoms with Crippen molar-refractivity contribution < 1.29 is 9.18 Å². The fourth-order valence-electron chi connectivity index (χ4n) is 1.09. The van der Waals surface area contributed by atoms with E-state index in [1.165, 1.54) is 6.07 Å². The van der Waals surface area contributed by atoms with E-state index in [4.69, 9.17) is 5.84 Å². The Kier molecular flexibility index (Phi) is 2.97. The third kappa shape index (κ3) is 2.03. The summed E-state index contributed by atoms with van der Waals surface area (Å²) in [6.07, 6.45) is 0. The first-order valence-electron chi connectivity index (χ1n) is 3.91. The van der Waals surface area contributed by atoms with E-state index in [1.807, 2.05) is 5.43 Å². The van der Waals surface area contributed by atoms with Crippen molar-refractivity contribution in [2.75, 3.05) is 0 Å². The number of hydrazine groups is 1. The van der Waals surface area contributed by atoms with Gasteiger partial charge in [0.05, 0.1) is 5.92 Å². The lowest BCUT2D eigenvalue weighted by molar-refractivity contribution is -0.122. The molecule has 0 aliphatic heterocycles. The molecule has 1 amide bonds. The number of carbonyl (C=O) groups excluding carboxylic acids is 1. The van der Waals surface area contributed by atoms with Crippen LogP contribution in [0.5, 0.6) is 0 Å². The standard InChI is InChI=1S/C9H11FN2O/c1-6(9(13)12-11)7-4-2-3-5-8(7)10/h2-6H,11H2,1H3,(H,12,13). The molecule has 0 saturated carbocycles. The van der Waals surface area contributed by atoms with Crippen LogP contribution >= 0.6 is 0 Å². The van der Waals surface area contributed by atoms with E-state index in [0.29, 0.717) is 5.56 Å². The van der Waals surface area contributed by atoms with Crippen molar-refractivity contribution in [3.05, 3.63) is 35.6 Å². The Labute approximate surface area is 75.7 Å². The fourth-order valence-corrected chi connectivity index (χ4v) is 1.09. The highest BCUT2D eigenvalue weighted by Gasteiger charge is 2.16. The Balaban J connectivity index is 2.95. The topological polar surface area (TPSA) is 55.1 Å². The molecule has 1 atom stereocenters. The van der Waals surface area contributed by atoms with Crippen molar-refractivity contribution in [2.24, 2.45) is 5.84 Å². The first-order chi connectivity index (χ1) is 6.16. The number of benzene rings is 1. The number of hydrogen-bond acceptors (Lipinski definition) is 2. The summed E-state index contributed by atoms with van der Waals surface area (Å²) in [6.45, 7) is 1.60. The highest BCUT2D eigenvalue weighted by atomic mass is 19.1. The van der Waals surface area contributed by atoms with Crippen LogP contribution < -0.4 is 11.3 Å². The van der Waals surface area contributed by atoms with Gasteiger partial charge in [0.25, 0.3) is 0 Å². The fraction of sp³-hybridized carbons (Fsp3) is 0.222. The van der Waals surface area contributed by atoms with E-state index in [2.05, 4.69) is 0 Å². The average molecular weight is 182 g/mol. The first-order valence-corrected chi connectivity index (χ1v) is 3.91. The molecule has 4 heteroatoms. The second-order valence-corrected chi connectivity index (χ2v) is 2.75. The number of rotatable bonds is 2. The summed E-state index contributed by atoms with van der Waals surface area (Å²) in [7, 11) is 0. The molecule has 70 valence electrons. The van der Waals surface area contributed by atoms with Crippen molar-refractivity contribution in [3.8, 4) is 0 Å². The van der Waals surface area contributed by atoms with Gasteiger partial charge >= 0.3 is 0 Å². The minimum Gasteiger partial charge on any atom is -0.294 e. The van der Waals surface area contributed by atoms with E-state index in [9.17, 15) is 9.18 Å². The number of carbonyl (C=O) groups is 1. The molecule has 1 rings (SSSR count). The maximum atomic E-state index is 13.1. The monoisotopic (exact) mass is 182 g/mol. The molecule has 13 heavy (non-hydrogen) atoms. The van der Waals surface area contributed by atoms with Crippen LogP contribution in [0.2, 0.25) is 0 Å². The van der Waals surface area contributed by atoms with Crippen LogP contribution in [-0.4, -0.2) is 5.91 Å². The van der Waals surface area contributed by atoms with Gasteiger partial charge in [-0.2, -0.15) is 0 Å². The van der Waals surface area contributed by atoms with Gasteiger partial charge in [0, 0.05) is 5.56 Å². The Bertz CT molecular complexity index is 314. The van der Waals surface area contributed by atoms with Gasteiger partial charge in [-0.3, -0.25) is 10.2 Å². The third-order valence-electron chi connectivity index (χ3n) is 1.91. The zero-order valence-corrected chi connectivity index (χ0v) is 7.25. The molecule has 0 aromatic heterocycles. The molecule has 0 fully saturated rings. The van der Waals surface area contributed by atoms with E-state index in [1.54, 1.807) is 25.1 Å². The van der Waals surface area contributed by atoms with Gasteiger partial charge in [0.15, 0.2) is 0 Å². The number of hydrogen-bond donors (Lipinski definition) is 2. The van der Waals surface area contributed by atoms with Gasteiger partial charge < -0.3 is 0 Å². The molecule has 0 radical (unpaired) electrons. The quantitative estimate of drug-likeness (QED) is 0.406. The molecular weight excluding hydrogens is 171 g/mol. The van der Waals surface area contributed by atoms with Crippen LogP contribution in [0, 0.1) is 5.82 Å². The zero-order valence-electron chi connectivity index (χ0n) is 7.25. The van der Waals surface area contributed by atoms with Crippen LogP contribution in [0.4, 0.5) is 4.39 Å². The average Bonchev–Trinajstić information content (AvgIpc) is 2.16. The minimum absolute atomic E-state index is 0.352. The van der Waals surface area contributed by atoms with Crippen molar-refractivity contribution in [3.63, 3.8) is 0 Å². The number of nitrogens with one attached hydrogen (secondary N) is 1. The Morgan fingerprint density at radius 1 is 1.54 bits per heavy atom. The number of halogens is 1. The predicted molar refractivity (Wildman–Crippen MR) is 47.1 cm³/mol. The summed E-state index contributed by atoms with van der Waals surface area (Å²) in [5.74, 6) is 3.59. The summed E-state index contributed by atoms with van der Waals surface area (Å²) in [4.78, 5) is 11.1. The smallest absolute Gasteiger partial charge is 0.241 e. The Morgan fingerprint density at radius 3 is 2.69 bits per heavy atom. The molecule has 3 nitrogen and oxygen atoms in total. The van der Waals surface area contributed by atoms with Gasteiger partial charge in [-0.25, -0.2) is 10.2 Å².